The van der Waals surface area contributed by atoms with Crippen LogP contribution in [0.15, 0.2) is 40.9 Å². The summed E-state index contributed by atoms with van der Waals surface area (Å²) >= 11 is 9.48. The average Bonchev–Trinajstić information content (AvgIpc) is 2.26. The third-order valence-corrected chi connectivity index (χ3v) is 3.87. The molecule has 0 heterocycles. The van der Waals surface area contributed by atoms with Gasteiger partial charge in [0.05, 0.1) is 0 Å². The van der Waals surface area contributed by atoms with Gasteiger partial charge in [-0.3, -0.25) is 0 Å². The average molecular weight is 344 g/mol. The summed E-state index contributed by atoms with van der Waals surface area (Å²) in [6.07, 6.45) is 0. The molecule has 0 aliphatic carbocycles. The summed E-state index contributed by atoms with van der Waals surface area (Å²) in [4.78, 5) is 0. The van der Waals surface area contributed by atoms with E-state index >= 15 is 0 Å². The normalized spacial score (nSPS) is 14.2. The molecule has 2 aromatic carbocycles. The SMILES string of the molecule is Cc1cc(F)cc(C(C)(O)c2ccc(Br)cc2Cl)c1. The van der Waals surface area contributed by atoms with Crippen LogP contribution in [-0.2, 0) is 5.60 Å². The van der Waals surface area contributed by atoms with Crippen LogP contribution < -0.4 is 0 Å². The van der Waals surface area contributed by atoms with Crippen molar-refractivity contribution >= 4 is 27.5 Å². The van der Waals surface area contributed by atoms with Crippen LogP contribution in [0.4, 0.5) is 4.39 Å². The standard InChI is InChI=1S/C15H13BrClFO/c1-9-5-10(7-12(18)6-9)15(2,19)13-4-3-11(16)8-14(13)17/h3-8,19H,1-2H3. The molecule has 0 radical (unpaired) electrons. The first-order valence-corrected chi connectivity index (χ1v) is 6.93. The third kappa shape index (κ3) is 2.99. The molecule has 0 aliphatic heterocycles. The number of benzene rings is 2. The molecule has 0 bridgehead atoms. The first-order valence-electron chi connectivity index (χ1n) is 5.76. The molecule has 100 valence electrons. The molecule has 0 spiro atoms. The van der Waals surface area contributed by atoms with Crippen LogP contribution >= 0.6 is 27.5 Å². The van der Waals surface area contributed by atoms with Crippen molar-refractivity contribution in [2.24, 2.45) is 0 Å². The van der Waals surface area contributed by atoms with Gasteiger partial charge in [-0.1, -0.05) is 39.7 Å². The predicted molar refractivity (Wildman–Crippen MR) is 79.0 cm³/mol. The van der Waals surface area contributed by atoms with Gasteiger partial charge in [0.15, 0.2) is 0 Å². The molecule has 19 heavy (non-hydrogen) atoms. The molecule has 1 N–H and O–H groups in total. The molecular weight excluding hydrogens is 331 g/mol. The van der Waals surface area contributed by atoms with Crippen LogP contribution in [0.1, 0.15) is 23.6 Å². The highest BCUT2D eigenvalue weighted by Gasteiger charge is 2.28. The van der Waals surface area contributed by atoms with Crippen LogP contribution in [0.3, 0.4) is 0 Å². The van der Waals surface area contributed by atoms with Gasteiger partial charge in [-0.15, -0.1) is 0 Å². The van der Waals surface area contributed by atoms with E-state index in [0.29, 0.717) is 16.1 Å². The molecule has 1 atom stereocenters. The van der Waals surface area contributed by atoms with E-state index in [-0.39, 0.29) is 5.82 Å². The highest BCUT2D eigenvalue weighted by atomic mass is 79.9. The molecule has 2 rings (SSSR count). The Morgan fingerprint density at radius 2 is 1.89 bits per heavy atom. The summed E-state index contributed by atoms with van der Waals surface area (Å²) in [5, 5.41) is 11.1. The molecule has 2 aromatic rings. The van der Waals surface area contributed by atoms with E-state index in [0.717, 1.165) is 10.0 Å². The van der Waals surface area contributed by atoms with Crippen molar-refractivity contribution in [3.05, 3.63) is 68.4 Å². The summed E-state index contributed by atoms with van der Waals surface area (Å²) in [6.45, 7) is 3.39. The van der Waals surface area contributed by atoms with Gasteiger partial charge in [-0.05, 0) is 49.2 Å². The maximum absolute atomic E-state index is 13.5. The first-order chi connectivity index (χ1) is 8.80. The van der Waals surface area contributed by atoms with Gasteiger partial charge in [-0.25, -0.2) is 4.39 Å². The van der Waals surface area contributed by atoms with E-state index in [1.807, 2.05) is 0 Å². The van der Waals surface area contributed by atoms with Crippen molar-refractivity contribution < 1.29 is 9.50 Å². The van der Waals surface area contributed by atoms with E-state index in [4.69, 9.17) is 11.6 Å². The maximum Gasteiger partial charge on any atom is 0.123 e. The van der Waals surface area contributed by atoms with E-state index in [2.05, 4.69) is 15.9 Å². The number of aryl methyl sites for hydroxylation is 1. The van der Waals surface area contributed by atoms with E-state index in [1.54, 1.807) is 38.1 Å². The maximum atomic E-state index is 13.5. The second-order valence-corrected chi connectivity index (χ2v) is 6.04. The van der Waals surface area contributed by atoms with Crippen LogP contribution in [0, 0.1) is 12.7 Å². The quantitative estimate of drug-likeness (QED) is 0.830. The van der Waals surface area contributed by atoms with Crippen molar-refractivity contribution in [3.8, 4) is 0 Å². The monoisotopic (exact) mass is 342 g/mol. The Hall–Kier alpha value is -0.900. The van der Waals surface area contributed by atoms with Gasteiger partial charge in [0.25, 0.3) is 0 Å². The Labute approximate surface area is 125 Å². The fourth-order valence-electron chi connectivity index (χ4n) is 2.06. The number of halogens is 3. The van der Waals surface area contributed by atoms with Gasteiger partial charge in [0.2, 0.25) is 0 Å². The highest BCUT2D eigenvalue weighted by Crippen LogP contribution is 2.35. The largest absolute Gasteiger partial charge is 0.381 e. The fourth-order valence-corrected chi connectivity index (χ4v) is 2.91. The minimum Gasteiger partial charge on any atom is -0.381 e. The summed E-state index contributed by atoms with van der Waals surface area (Å²) in [5.74, 6) is -0.372. The Morgan fingerprint density at radius 1 is 1.21 bits per heavy atom. The Kier molecular flexibility index (Phi) is 4.00. The molecule has 0 fully saturated rings. The molecule has 0 saturated heterocycles. The van der Waals surface area contributed by atoms with Gasteiger partial charge in [-0.2, -0.15) is 0 Å². The molecule has 1 unspecified atom stereocenters. The van der Waals surface area contributed by atoms with Crippen molar-refractivity contribution in [1.29, 1.82) is 0 Å². The lowest BCUT2D eigenvalue weighted by Gasteiger charge is -2.26. The Balaban J connectivity index is 2.57. The highest BCUT2D eigenvalue weighted by molar-refractivity contribution is 9.10. The molecule has 0 saturated carbocycles. The van der Waals surface area contributed by atoms with Crippen LogP contribution in [0.2, 0.25) is 5.02 Å². The van der Waals surface area contributed by atoms with Crippen molar-refractivity contribution in [2.75, 3.05) is 0 Å². The van der Waals surface area contributed by atoms with Crippen LogP contribution in [-0.4, -0.2) is 5.11 Å². The van der Waals surface area contributed by atoms with Gasteiger partial charge >= 0.3 is 0 Å². The summed E-state index contributed by atoms with van der Waals surface area (Å²) in [5.41, 5.74) is 0.435. The zero-order valence-corrected chi connectivity index (χ0v) is 12.9. The molecule has 0 aliphatic rings. The summed E-state index contributed by atoms with van der Waals surface area (Å²) < 4.78 is 14.3. The van der Waals surface area contributed by atoms with Crippen LogP contribution in [0.5, 0.6) is 0 Å². The number of hydrogen-bond donors (Lipinski definition) is 1. The second kappa shape index (κ2) is 5.23. The Bertz CT molecular complexity index is 605. The number of hydrogen-bond acceptors (Lipinski definition) is 1. The second-order valence-electron chi connectivity index (χ2n) is 4.71. The lowest BCUT2D eigenvalue weighted by atomic mass is 9.87. The first kappa shape index (κ1) is 14.5. The topological polar surface area (TPSA) is 20.2 Å². The van der Waals surface area contributed by atoms with E-state index in [1.165, 1.54) is 12.1 Å². The summed E-state index contributed by atoms with van der Waals surface area (Å²) in [7, 11) is 0. The van der Waals surface area contributed by atoms with Crippen molar-refractivity contribution in [2.45, 2.75) is 19.4 Å². The molecule has 0 aromatic heterocycles. The number of aliphatic hydroxyl groups is 1. The van der Waals surface area contributed by atoms with E-state index in [9.17, 15) is 9.50 Å². The number of rotatable bonds is 2. The minimum atomic E-state index is -1.34. The predicted octanol–water partition coefficient (Wildman–Crippen LogP) is 4.81. The zero-order chi connectivity index (χ0) is 14.2. The van der Waals surface area contributed by atoms with Gasteiger partial charge in [0.1, 0.15) is 11.4 Å². The van der Waals surface area contributed by atoms with Gasteiger partial charge < -0.3 is 5.11 Å². The lowest BCUT2D eigenvalue weighted by Crippen LogP contribution is -2.23. The molecule has 1 nitrogen and oxygen atoms in total. The smallest absolute Gasteiger partial charge is 0.123 e. The Morgan fingerprint density at radius 3 is 2.47 bits per heavy atom. The van der Waals surface area contributed by atoms with Crippen molar-refractivity contribution in [1.82, 2.24) is 0 Å². The van der Waals surface area contributed by atoms with Crippen molar-refractivity contribution in [3.63, 3.8) is 0 Å². The molecular formula is C15H13BrClFO. The zero-order valence-electron chi connectivity index (χ0n) is 10.5. The van der Waals surface area contributed by atoms with Crippen LogP contribution in [0.25, 0.3) is 0 Å². The minimum absolute atomic E-state index is 0.372. The lowest BCUT2D eigenvalue weighted by molar-refractivity contribution is 0.102. The molecule has 0 amide bonds. The third-order valence-electron chi connectivity index (χ3n) is 3.06. The fraction of sp³-hybridized carbons (Fsp3) is 0.200. The molecule has 4 heteroatoms. The summed E-state index contributed by atoms with van der Waals surface area (Å²) in [6, 6.07) is 9.72. The van der Waals surface area contributed by atoms with Gasteiger partial charge in [0, 0.05) is 15.1 Å². The van der Waals surface area contributed by atoms with E-state index < -0.39 is 5.60 Å².